The average Bonchev–Trinajstić information content (AvgIpc) is 2.52. The number of hydrogen-bond acceptors (Lipinski definition) is 25. The number of methoxy groups -OCH3 is 3. The van der Waals surface area contributed by atoms with Crippen LogP contribution in [0.3, 0.4) is 0 Å². The highest BCUT2D eigenvalue weighted by Gasteiger charge is 2.62. The first-order valence-electron chi connectivity index (χ1n) is 30.3. The Labute approximate surface area is 498 Å². The predicted molar refractivity (Wildman–Crippen MR) is 293 cm³/mol. The van der Waals surface area contributed by atoms with Crippen molar-refractivity contribution in [1.82, 2.24) is 9.80 Å². The number of hydrogen-bond donors (Lipinski definition) is 1. The van der Waals surface area contributed by atoms with Crippen LogP contribution in [0.15, 0.2) is 0 Å². The molecule has 0 amide bonds. The highest BCUT2D eigenvalue weighted by atomic mass is 17.2. The lowest BCUT2D eigenvalue weighted by atomic mass is 9.58. The second kappa shape index (κ2) is 32.5. The van der Waals surface area contributed by atoms with Crippen molar-refractivity contribution in [2.75, 3.05) is 100 Å². The summed E-state index contributed by atoms with van der Waals surface area (Å²) in [7, 11) is 4.38. The monoisotopic (exact) mass is 1210 g/mol. The minimum atomic E-state index is -1.16. The molecule has 2 aliphatic carbocycles. The van der Waals surface area contributed by atoms with Crippen LogP contribution in [-0.2, 0) is 110 Å². The fourth-order valence-electron chi connectivity index (χ4n) is 13.1. The molecule has 6 fully saturated rings. The molecule has 6 aliphatic rings. The fourth-order valence-corrected chi connectivity index (χ4v) is 13.1. The van der Waals surface area contributed by atoms with Crippen molar-refractivity contribution < 1.29 is 115 Å². The second-order valence-electron chi connectivity index (χ2n) is 24.1. The van der Waals surface area contributed by atoms with Crippen LogP contribution >= 0.6 is 0 Å². The van der Waals surface area contributed by atoms with Crippen molar-refractivity contribution in [2.45, 2.75) is 180 Å². The van der Waals surface area contributed by atoms with Crippen LogP contribution in [0, 0.1) is 47.3 Å². The molecule has 1 N–H and O–H groups in total. The van der Waals surface area contributed by atoms with Gasteiger partial charge in [-0.1, -0.05) is 27.7 Å². The lowest BCUT2D eigenvalue weighted by molar-refractivity contribution is -0.481. The number of carboxylic acids is 1. The normalized spacial score (nSPS) is 32.6. The molecule has 0 bridgehead atoms. The first-order valence-corrected chi connectivity index (χ1v) is 30.3. The summed E-state index contributed by atoms with van der Waals surface area (Å²) in [4.78, 5) is 128. The highest BCUT2D eigenvalue weighted by molar-refractivity contribution is 5.79. The summed E-state index contributed by atoms with van der Waals surface area (Å²) in [5, 5.41) is 9.03. The molecule has 0 radical (unpaired) electrons. The summed E-state index contributed by atoms with van der Waals surface area (Å²) in [6.07, 6.45) is 2.62. The molecule has 484 valence electrons. The third-order valence-electron chi connectivity index (χ3n) is 18.5. The molecule has 26 nitrogen and oxygen atoms in total. The molecule has 0 aromatic rings. The zero-order valence-corrected chi connectivity index (χ0v) is 51.3. The Bertz CT molecular complexity index is 2240. The molecule has 6 rings (SSSR count). The molecule has 4 saturated heterocycles. The van der Waals surface area contributed by atoms with Crippen LogP contribution < -0.4 is 0 Å². The van der Waals surface area contributed by atoms with E-state index in [1.807, 2.05) is 37.5 Å². The van der Waals surface area contributed by atoms with E-state index in [9.17, 15) is 38.4 Å². The Balaban J connectivity index is 0.977. The van der Waals surface area contributed by atoms with Gasteiger partial charge in [-0.15, -0.1) is 0 Å². The van der Waals surface area contributed by atoms with Gasteiger partial charge in [0, 0.05) is 90.0 Å². The minimum absolute atomic E-state index is 0.0253. The molecule has 0 aromatic carbocycles. The maximum Gasteiger partial charge on any atom is 0.308 e. The molecular formula is C59H94N2O24. The number of rotatable bonds is 31. The van der Waals surface area contributed by atoms with E-state index in [0.29, 0.717) is 24.7 Å². The number of carboxylic acid groups (broad SMARTS) is 1. The quantitative estimate of drug-likeness (QED) is 0.0528. The zero-order chi connectivity index (χ0) is 62.0. The number of nitrogens with zero attached hydrogens (tertiary/aromatic N) is 2. The summed E-state index contributed by atoms with van der Waals surface area (Å²) >= 11 is 0. The predicted octanol–water partition coefficient (Wildman–Crippen LogP) is 5.22. The van der Waals surface area contributed by atoms with Gasteiger partial charge in [0.05, 0.1) is 71.7 Å². The zero-order valence-electron chi connectivity index (χ0n) is 51.3. The van der Waals surface area contributed by atoms with E-state index in [1.54, 1.807) is 14.2 Å². The smallest absolute Gasteiger partial charge is 0.308 e. The van der Waals surface area contributed by atoms with Gasteiger partial charge >= 0.3 is 47.8 Å². The van der Waals surface area contributed by atoms with Crippen molar-refractivity contribution in [3.8, 4) is 0 Å². The molecular weight excluding hydrogens is 1120 g/mol. The summed E-state index contributed by atoms with van der Waals surface area (Å²) < 4.78 is 61.7. The first-order chi connectivity index (χ1) is 40.5. The third kappa shape index (κ3) is 19.4. The van der Waals surface area contributed by atoms with Crippen LogP contribution in [0.2, 0.25) is 0 Å². The standard InChI is InChI=1S/C59H94N2O24/c1-38-10-12-44-40(3)54(78-36-58(44)42(38)22-24-56(5,72-8)82-84-58)80-52(69)20-18-50(67)76-34-30-60(28-32-74-48(65)15-14-46(62)63)26-27-61(29-33-75-49(66)17-16-47(64)71-7)31-35-77-51(68)19-21-53(70)81-55-41(4)45-13-11-39(2)43-23-25-57(6,73-9)83-85-59(43,45)37-79-55/h38-45,54-55H,10-37H2,1-9H3,(H,62,63)/t38-,39-,40-,41-,42+,43+,44+,45+,54+,55+,56-,57?,58-,59-/m1/s1. The van der Waals surface area contributed by atoms with Crippen molar-refractivity contribution in [3.63, 3.8) is 0 Å². The Kier molecular flexibility index (Phi) is 26.6. The molecule has 2 saturated carbocycles. The second-order valence-corrected chi connectivity index (χ2v) is 24.1. The van der Waals surface area contributed by atoms with Gasteiger partial charge in [0.25, 0.3) is 0 Å². The number of aliphatic carboxylic acids is 1. The number of ether oxygens (including phenoxy) is 11. The van der Waals surface area contributed by atoms with E-state index in [1.165, 1.54) is 7.11 Å². The first kappa shape index (κ1) is 69.5. The van der Waals surface area contributed by atoms with E-state index >= 15 is 0 Å². The maximum absolute atomic E-state index is 13.2. The van der Waals surface area contributed by atoms with Crippen molar-refractivity contribution in [1.29, 1.82) is 0 Å². The Morgan fingerprint density at radius 2 is 0.776 bits per heavy atom. The Hall–Kier alpha value is -4.64. The minimum Gasteiger partial charge on any atom is -0.481 e. The van der Waals surface area contributed by atoms with Crippen LogP contribution in [0.5, 0.6) is 0 Å². The molecule has 26 heteroatoms. The molecule has 85 heavy (non-hydrogen) atoms. The maximum atomic E-state index is 13.2. The van der Waals surface area contributed by atoms with Crippen LogP contribution in [0.25, 0.3) is 0 Å². The van der Waals surface area contributed by atoms with Gasteiger partial charge in [0.1, 0.15) is 37.6 Å². The molecule has 1 unspecified atom stereocenters. The van der Waals surface area contributed by atoms with Gasteiger partial charge in [-0.3, -0.25) is 48.2 Å². The average molecular weight is 1220 g/mol. The molecule has 4 aliphatic heterocycles. The molecule has 4 heterocycles. The summed E-state index contributed by atoms with van der Waals surface area (Å²) in [6.45, 7) is 13.0. The largest absolute Gasteiger partial charge is 0.481 e. The van der Waals surface area contributed by atoms with Gasteiger partial charge in [-0.05, 0) is 76.0 Å². The fraction of sp³-hybridized carbons (Fsp3) is 0.864. The van der Waals surface area contributed by atoms with E-state index in [0.717, 1.165) is 38.5 Å². The Morgan fingerprint density at radius 3 is 1.12 bits per heavy atom. The number of carbonyl (C=O) groups is 8. The lowest BCUT2D eigenvalue weighted by Crippen LogP contribution is -2.62. The van der Waals surface area contributed by atoms with E-state index in [2.05, 4.69) is 18.6 Å². The van der Waals surface area contributed by atoms with Crippen molar-refractivity contribution >= 4 is 47.8 Å². The number of esters is 7. The highest BCUT2D eigenvalue weighted by Crippen LogP contribution is 2.56. The van der Waals surface area contributed by atoms with Crippen molar-refractivity contribution in [2.24, 2.45) is 47.3 Å². The molecule has 0 aromatic heterocycles. The SMILES string of the molecule is COC(=O)CCC(=O)OCCN(CCOC(=O)CCC(=O)O[C@@H]1OC[C@@]23OOC(C)(OC)CC[C@H]2[C@H](C)CC[C@H]3[C@H]1C)CCN(CCOC(=O)CCC(=O)O)CCOC(=O)CCC(=O)O[C@@H]1OC[C@@]23OO[C@@](C)(OC)CC[C@H]2[C@H](C)CC[C@H]3[C@H]1C. The van der Waals surface area contributed by atoms with Gasteiger partial charge in [0.15, 0.2) is 11.6 Å². The third-order valence-corrected chi connectivity index (χ3v) is 18.5. The summed E-state index contributed by atoms with van der Waals surface area (Å²) in [5.41, 5.74) is -1.47. The summed E-state index contributed by atoms with van der Waals surface area (Å²) in [5.74, 6) is -6.98. The van der Waals surface area contributed by atoms with E-state index < -0.39 is 89.5 Å². The van der Waals surface area contributed by atoms with Crippen molar-refractivity contribution in [3.05, 3.63) is 0 Å². The Morgan fingerprint density at radius 1 is 0.435 bits per heavy atom. The van der Waals surface area contributed by atoms with E-state index in [-0.39, 0.29) is 159 Å². The summed E-state index contributed by atoms with van der Waals surface area (Å²) in [6, 6.07) is 0. The van der Waals surface area contributed by atoms with E-state index in [4.69, 9.17) is 72.0 Å². The molecule has 2 spiro atoms. The van der Waals surface area contributed by atoms with Crippen LogP contribution in [0.1, 0.15) is 144 Å². The van der Waals surface area contributed by atoms with Gasteiger partial charge in [0.2, 0.25) is 12.6 Å². The van der Waals surface area contributed by atoms with Crippen LogP contribution in [0.4, 0.5) is 0 Å². The van der Waals surface area contributed by atoms with Crippen LogP contribution in [-0.4, -0.2) is 198 Å². The lowest BCUT2D eigenvalue weighted by Gasteiger charge is -2.55. The van der Waals surface area contributed by atoms with Gasteiger partial charge in [-0.2, -0.15) is 0 Å². The van der Waals surface area contributed by atoms with Gasteiger partial charge in [-0.25, -0.2) is 19.6 Å². The number of carbonyl (C=O) groups excluding carboxylic acids is 7. The van der Waals surface area contributed by atoms with Gasteiger partial charge < -0.3 is 57.2 Å². The topological polar surface area (TPSA) is 302 Å². The molecule has 14 atom stereocenters.